The van der Waals surface area contributed by atoms with Gasteiger partial charge in [-0.25, -0.2) is 4.79 Å². The second kappa shape index (κ2) is 9.91. The van der Waals surface area contributed by atoms with Crippen molar-refractivity contribution in [2.24, 2.45) is 0 Å². The molecule has 0 aliphatic heterocycles. The average molecular weight is 328 g/mol. The molecular formula is C14H20N2O5S. The molecule has 0 aromatic carbocycles. The van der Waals surface area contributed by atoms with Gasteiger partial charge in [0, 0.05) is 20.1 Å². The van der Waals surface area contributed by atoms with E-state index < -0.39 is 12.0 Å². The van der Waals surface area contributed by atoms with Crippen LogP contribution < -0.4 is 10.6 Å². The Kier molecular flexibility index (Phi) is 8.16. The first kappa shape index (κ1) is 18.1. The van der Waals surface area contributed by atoms with Crippen molar-refractivity contribution in [2.75, 3.05) is 26.4 Å². The first-order valence-electron chi connectivity index (χ1n) is 6.87. The van der Waals surface area contributed by atoms with Crippen molar-refractivity contribution in [1.29, 1.82) is 0 Å². The molecule has 0 radical (unpaired) electrons. The van der Waals surface area contributed by atoms with Gasteiger partial charge in [-0.1, -0.05) is 6.07 Å². The van der Waals surface area contributed by atoms with Crippen LogP contribution in [-0.4, -0.2) is 50.2 Å². The normalized spacial score (nSPS) is 11.5. The van der Waals surface area contributed by atoms with Crippen LogP contribution in [0.1, 0.15) is 23.5 Å². The van der Waals surface area contributed by atoms with Crippen molar-refractivity contribution < 1.29 is 23.9 Å². The summed E-state index contributed by atoms with van der Waals surface area (Å²) >= 11 is 1.29. The maximum absolute atomic E-state index is 11.9. The molecule has 2 amide bonds. The van der Waals surface area contributed by atoms with Crippen LogP contribution >= 0.6 is 11.3 Å². The number of thiophene rings is 1. The Morgan fingerprint density at radius 1 is 1.32 bits per heavy atom. The molecule has 0 saturated carbocycles. The summed E-state index contributed by atoms with van der Waals surface area (Å²) in [5.74, 6) is -1.29. The summed E-state index contributed by atoms with van der Waals surface area (Å²) in [5.41, 5.74) is 0. The SMILES string of the molecule is CCOCCOC(=O)C(CNC(=O)c1cccs1)NC(C)=O. The first-order chi connectivity index (χ1) is 10.5. The zero-order valence-electron chi connectivity index (χ0n) is 12.6. The van der Waals surface area contributed by atoms with Gasteiger partial charge in [-0.15, -0.1) is 11.3 Å². The summed E-state index contributed by atoms with van der Waals surface area (Å²) in [7, 11) is 0. The number of carbonyl (C=O) groups excluding carboxylic acids is 3. The molecule has 1 aromatic rings. The number of hydrogen-bond donors (Lipinski definition) is 2. The van der Waals surface area contributed by atoms with E-state index >= 15 is 0 Å². The topological polar surface area (TPSA) is 93.7 Å². The second-order valence-electron chi connectivity index (χ2n) is 4.30. The first-order valence-corrected chi connectivity index (χ1v) is 7.75. The number of ether oxygens (including phenoxy) is 2. The lowest BCUT2D eigenvalue weighted by Crippen LogP contribution is -2.48. The number of carbonyl (C=O) groups is 3. The lowest BCUT2D eigenvalue weighted by atomic mass is 10.3. The van der Waals surface area contributed by atoms with E-state index in [9.17, 15) is 14.4 Å². The van der Waals surface area contributed by atoms with E-state index in [1.54, 1.807) is 17.5 Å². The van der Waals surface area contributed by atoms with E-state index in [1.165, 1.54) is 18.3 Å². The molecule has 7 nitrogen and oxygen atoms in total. The Hall–Kier alpha value is -1.93. The predicted octanol–water partition coefficient (Wildman–Crippen LogP) is 0.562. The third-order valence-corrected chi connectivity index (χ3v) is 3.42. The summed E-state index contributed by atoms with van der Waals surface area (Å²) in [4.78, 5) is 35.4. The highest BCUT2D eigenvalue weighted by atomic mass is 32.1. The standard InChI is InChI=1S/C14H20N2O5S/c1-3-20-6-7-21-14(19)11(16-10(2)17)9-15-13(18)12-5-4-8-22-12/h4-5,8,11H,3,6-7,9H2,1-2H3,(H,15,18)(H,16,17). The quantitative estimate of drug-likeness (QED) is 0.510. The third kappa shape index (κ3) is 6.68. The molecule has 8 heteroatoms. The van der Waals surface area contributed by atoms with Gasteiger partial charge in [0.1, 0.15) is 12.6 Å². The highest BCUT2D eigenvalue weighted by molar-refractivity contribution is 7.12. The maximum atomic E-state index is 11.9. The molecule has 122 valence electrons. The van der Waals surface area contributed by atoms with Gasteiger partial charge in [-0.3, -0.25) is 9.59 Å². The van der Waals surface area contributed by atoms with Crippen LogP contribution in [-0.2, 0) is 19.1 Å². The Labute approximate surface area is 133 Å². The molecule has 0 fully saturated rings. The van der Waals surface area contributed by atoms with Gasteiger partial charge >= 0.3 is 5.97 Å². The van der Waals surface area contributed by atoms with Gasteiger partial charge in [0.25, 0.3) is 5.91 Å². The number of rotatable bonds is 9. The molecule has 0 spiro atoms. The van der Waals surface area contributed by atoms with Crippen molar-refractivity contribution in [3.05, 3.63) is 22.4 Å². The number of amides is 2. The molecule has 1 unspecified atom stereocenters. The molecular weight excluding hydrogens is 308 g/mol. The van der Waals surface area contributed by atoms with Gasteiger partial charge < -0.3 is 20.1 Å². The summed E-state index contributed by atoms with van der Waals surface area (Å²) in [5, 5.41) is 6.83. The number of nitrogens with one attached hydrogen (secondary N) is 2. The Morgan fingerprint density at radius 3 is 2.68 bits per heavy atom. The molecule has 1 atom stereocenters. The molecule has 1 aromatic heterocycles. The molecule has 0 aliphatic carbocycles. The van der Waals surface area contributed by atoms with Crippen LogP contribution in [0, 0.1) is 0 Å². The predicted molar refractivity (Wildman–Crippen MR) is 81.7 cm³/mol. The highest BCUT2D eigenvalue weighted by Crippen LogP contribution is 2.07. The van der Waals surface area contributed by atoms with Gasteiger partial charge in [-0.2, -0.15) is 0 Å². The van der Waals surface area contributed by atoms with Crippen LogP contribution in [0.15, 0.2) is 17.5 Å². The van der Waals surface area contributed by atoms with E-state index in [1.807, 2.05) is 6.92 Å². The minimum Gasteiger partial charge on any atom is -0.462 e. The Balaban J connectivity index is 2.47. The van der Waals surface area contributed by atoms with E-state index in [4.69, 9.17) is 9.47 Å². The lowest BCUT2D eigenvalue weighted by molar-refractivity contribution is -0.148. The van der Waals surface area contributed by atoms with Gasteiger partial charge in [0.05, 0.1) is 11.5 Å². The largest absolute Gasteiger partial charge is 0.462 e. The van der Waals surface area contributed by atoms with Gasteiger partial charge in [-0.05, 0) is 18.4 Å². The molecule has 0 aliphatic rings. The monoisotopic (exact) mass is 328 g/mol. The summed E-state index contributed by atoms with van der Waals surface area (Å²) < 4.78 is 10.1. The maximum Gasteiger partial charge on any atom is 0.330 e. The number of esters is 1. The number of hydrogen-bond acceptors (Lipinski definition) is 6. The molecule has 22 heavy (non-hydrogen) atoms. The summed E-state index contributed by atoms with van der Waals surface area (Å²) in [6.07, 6.45) is 0. The van der Waals surface area contributed by atoms with E-state index in [-0.39, 0.29) is 31.6 Å². The van der Waals surface area contributed by atoms with Crippen molar-refractivity contribution >= 4 is 29.1 Å². The summed E-state index contributed by atoms with van der Waals surface area (Å²) in [6.45, 7) is 4.01. The minimum absolute atomic E-state index is 0.0379. The van der Waals surface area contributed by atoms with E-state index in [0.29, 0.717) is 11.5 Å². The van der Waals surface area contributed by atoms with Crippen LogP contribution in [0.25, 0.3) is 0 Å². The fraction of sp³-hybridized carbons (Fsp3) is 0.500. The van der Waals surface area contributed by atoms with E-state index in [0.717, 1.165) is 0 Å². The zero-order valence-corrected chi connectivity index (χ0v) is 13.4. The van der Waals surface area contributed by atoms with Crippen molar-refractivity contribution in [2.45, 2.75) is 19.9 Å². The van der Waals surface area contributed by atoms with Crippen LogP contribution in [0.4, 0.5) is 0 Å². The smallest absolute Gasteiger partial charge is 0.330 e. The third-order valence-electron chi connectivity index (χ3n) is 2.55. The fourth-order valence-electron chi connectivity index (χ4n) is 1.57. The average Bonchev–Trinajstić information content (AvgIpc) is 3.01. The molecule has 0 saturated heterocycles. The van der Waals surface area contributed by atoms with Crippen molar-refractivity contribution in [1.82, 2.24) is 10.6 Å². The minimum atomic E-state index is -0.928. The highest BCUT2D eigenvalue weighted by Gasteiger charge is 2.22. The van der Waals surface area contributed by atoms with Crippen molar-refractivity contribution in [3.8, 4) is 0 Å². The van der Waals surface area contributed by atoms with Gasteiger partial charge in [0.15, 0.2) is 0 Å². The zero-order chi connectivity index (χ0) is 16.4. The van der Waals surface area contributed by atoms with Gasteiger partial charge in [0.2, 0.25) is 5.91 Å². The van der Waals surface area contributed by atoms with E-state index in [2.05, 4.69) is 10.6 Å². The molecule has 1 rings (SSSR count). The lowest BCUT2D eigenvalue weighted by Gasteiger charge is -2.17. The van der Waals surface area contributed by atoms with Crippen LogP contribution in [0.2, 0.25) is 0 Å². The van der Waals surface area contributed by atoms with Crippen molar-refractivity contribution in [3.63, 3.8) is 0 Å². The molecule has 1 heterocycles. The summed E-state index contributed by atoms with van der Waals surface area (Å²) in [6, 6.07) is 2.50. The molecule has 0 bridgehead atoms. The second-order valence-corrected chi connectivity index (χ2v) is 5.25. The Morgan fingerprint density at radius 2 is 2.09 bits per heavy atom. The molecule has 2 N–H and O–H groups in total. The van der Waals surface area contributed by atoms with Crippen LogP contribution in [0.3, 0.4) is 0 Å². The Bertz CT molecular complexity index is 489. The fourth-order valence-corrected chi connectivity index (χ4v) is 2.21. The van der Waals surface area contributed by atoms with Crippen LogP contribution in [0.5, 0.6) is 0 Å².